The molecule has 0 aliphatic rings. The molecule has 2 aromatic rings. The predicted octanol–water partition coefficient (Wildman–Crippen LogP) is 4.66. The molecule has 2 rings (SSSR count). The number of hydrogen-bond acceptors (Lipinski definition) is 2. The van der Waals surface area contributed by atoms with Crippen molar-refractivity contribution >= 4 is 33.2 Å². The van der Waals surface area contributed by atoms with Crippen LogP contribution < -0.4 is 10.6 Å². The zero-order valence-electron chi connectivity index (χ0n) is 11.6. The molecule has 0 atom stereocenters. The van der Waals surface area contributed by atoms with Gasteiger partial charge in [-0.15, -0.1) is 0 Å². The highest BCUT2D eigenvalue weighted by molar-refractivity contribution is 9.10. The fraction of sp³-hybridized carbons (Fsp3) is 0.188. The van der Waals surface area contributed by atoms with Crippen LogP contribution in [0.15, 0.2) is 46.9 Å². The van der Waals surface area contributed by atoms with E-state index < -0.39 is 5.82 Å². The second-order valence-corrected chi connectivity index (χ2v) is 5.41. The van der Waals surface area contributed by atoms with Crippen LogP contribution in [-0.4, -0.2) is 12.5 Å². The number of carbonyl (C=O) groups is 1. The highest BCUT2D eigenvalue weighted by Crippen LogP contribution is 2.25. The Kier molecular flexibility index (Phi) is 5.33. The molecule has 0 unspecified atom stereocenters. The highest BCUT2D eigenvalue weighted by atomic mass is 79.9. The van der Waals surface area contributed by atoms with Crippen molar-refractivity contribution < 1.29 is 9.18 Å². The van der Waals surface area contributed by atoms with Crippen LogP contribution in [0.1, 0.15) is 23.7 Å². The first-order chi connectivity index (χ1) is 10.1. The number of nitrogens with one attached hydrogen (secondary N) is 2. The number of rotatable bonds is 5. The van der Waals surface area contributed by atoms with E-state index in [1.165, 1.54) is 6.07 Å². The van der Waals surface area contributed by atoms with Gasteiger partial charge in [-0.2, -0.15) is 0 Å². The van der Waals surface area contributed by atoms with Crippen molar-refractivity contribution in [3.63, 3.8) is 0 Å². The molecule has 0 saturated carbocycles. The summed E-state index contributed by atoms with van der Waals surface area (Å²) in [5, 5.41) is 5.81. The quantitative estimate of drug-likeness (QED) is 0.823. The van der Waals surface area contributed by atoms with Gasteiger partial charge in [-0.3, -0.25) is 4.79 Å². The van der Waals surface area contributed by atoms with Gasteiger partial charge in [-0.1, -0.05) is 13.0 Å². The molecule has 21 heavy (non-hydrogen) atoms. The number of halogens is 2. The molecule has 110 valence electrons. The maximum Gasteiger partial charge on any atom is 0.255 e. The summed E-state index contributed by atoms with van der Waals surface area (Å²) < 4.78 is 14.2. The Balaban J connectivity index is 2.10. The molecule has 2 N–H and O–H groups in total. The summed E-state index contributed by atoms with van der Waals surface area (Å²) in [6.07, 6.45) is 1.03. The summed E-state index contributed by atoms with van der Waals surface area (Å²) in [6.45, 7) is 2.97. The first-order valence-electron chi connectivity index (χ1n) is 6.71. The van der Waals surface area contributed by atoms with E-state index in [0.29, 0.717) is 10.0 Å². The number of hydrogen-bond donors (Lipinski definition) is 2. The lowest BCUT2D eigenvalue weighted by Gasteiger charge is -2.09. The van der Waals surface area contributed by atoms with Crippen molar-refractivity contribution in [2.45, 2.75) is 13.3 Å². The molecule has 0 heterocycles. The van der Waals surface area contributed by atoms with Gasteiger partial charge < -0.3 is 10.6 Å². The first kappa shape index (κ1) is 15.5. The molecule has 0 bridgehead atoms. The third kappa shape index (κ3) is 4.04. The SMILES string of the molecule is CCCNc1ccc(C(=O)Nc2c(F)cccc2Br)cc1. The van der Waals surface area contributed by atoms with Gasteiger partial charge in [0.2, 0.25) is 0 Å². The number of para-hydroxylation sites is 1. The maximum absolute atomic E-state index is 13.7. The van der Waals surface area contributed by atoms with Crippen molar-refractivity contribution in [3.05, 3.63) is 58.3 Å². The van der Waals surface area contributed by atoms with Crippen molar-refractivity contribution in [2.24, 2.45) is 0 Å². The van der Waals surface area contributed by atoms with E-state index in [4.69, 9.17) is 0 Å². The molecule has 0 aromatic heterocycles. The van der Waals surface area contributed by atoms with Gasteiger partial charge in [0.05, 0.1) is 5.69 Å². The molecular weight excluding hydrogens is 335 g/mol. The van der Waals surface area contributed by atoms with E-state index in [9.17, 15) is 9.18 Å². The Bertz CT molecular complexity index is 608. The lowest BCUT2D eigenvalue weighted by molar-refractivity contribution is 0.102. The number of anilines is 2. The largest absolute Gasteiger partial charge is 0.385 e. The molecule has 0 radical (unpaired) electrons. The fourth-order valence-electron chi connectivity index (χ4n) is 1.81. The van der Waals surface area contributed by atoms with Crippen molar-refractivity contribution in [1.29, 1.82) is 0 Å². The third-order valence-electron chi connectivity index (χ3n) is 2.93. The maximum atomic E-state index is 13.7. The number of amides is 1. The van der Waals surface area contributed by atoms with E-state index in [0.717, 1.165) is 18.7 Å². The smallest absolute Gasteiger partial charge is 0.255 e. The van der Waals surface area contributed by atoms with Crippen LogP contribution in [0, 0.1) is 5.82 Å². The second kappa shape index (κ2) is 7.22. The van der Waals surface area contributed by atoms with E-state index in [1.807, 2.05) is 12.1 Å². The summed E-state index contributed by atoms with van der Waals surface area (Å²) in [6, 6.07) is 11.6. The van der Waals surface area contributed by atoms with Crippen LogP contribution in [0.5, 0.6) is 0 Å². The van der Waals surface area contributed by atoms with Gasteiger partial charge >= 0.3 is 0 Å². The average Bonchev–Trinajstić information content (AvgIpc) is 2.49. The van der Waals surface area contributed by atoms with E-state index in [2.05, 4.69) is 33.5 Å². The van der Waals surface area contributed by atoms with Gasteiger partial charge in [0.1, 0.15) is 5.82 Å². The zero-order chi connectivity index (χ0) is 15.2. The van der Waals surface area contributed by atoms with Crippen LogP contribution in [0.25, 0.3) is 0 Å². The van der Waals surface area contributed by atoms with Crippen LogP contribution in [0.2, 0.25) is 0 Å². The van der Waals surface area contributed by atoms with E-state index in [-0.39, 0.29) is 11.6 Å². The third-order valence-corrected chi connectivity index (χ3v) is 3.59. The summed E-state index contributed by atoms with van der Waals surface area (Å²) in [5.74, 6) is -0.818. The highest BCUT2D eigenvalue weighted by Gasteiger charge is 2.11. The van der Waals surface area contributed by atoms with Crippen molar-refractivity contribution in [3.8, 4) is 0 Å². The summed E-state index contributed by atoms with van der Waals surface area (Å²) >= 11 is 3.22. The van der Waals surface area contributed by atoms with Gasteiger partial charge in [-0.05, 0) is 58.7 Å². The molecule has 0 aliphatic heterocycles. The summed E-state index contributed by atoms with van der Waals surface area (Å²) in [4.78, 5) is 12.1. The number of benzene rings is 2. The first-order valence-corrected chi connectivity index (χ1v) is 7.50. The molecule has 0 fully saturated rings. The minimum Gasteiger partial charge on any atom is -0.385 e. The standard InChI is InChI=1S/C16H16BrFN2O/c1-2-10-19-12-8-6-11(7-9-12)16(21)20-15-13(17)4-3-5-14(15)18/h3-9,19H,2,10H2,1H3,(H,20,21). The van der Waals surface area contributed by atoms with Gasteiger partial charge in [0.25, 0.3) is 5.91 Å². The monoisotopic (exact) mass is 350 g/mol. The van der Waals surface area contributed by atoms with Crippen LogP contribution >= 0.6 is 15.9 Å². The summed E-state index contributed by atoms with van der Waals surface area (Å²) in [7, 11) is 0. The second-order valence-electron chi connectivity index (χ2n) is 4.55. The predicted molar refractivity (Wildman–Crippen MR) is 87.3 cm³/mol. The molecule has 3 nitrogen and oxygen atoms in total. The minimum absolute atomic E-state index is 0.149. The normalized spacial score (nSPS) is 10.2. The molecule has 0 saturated heterocycles. The Morgan fingerprint density at radius 1 is 1.19 bits per heavy atom. The molecule has 2 aromatic carbocycles. The minimum atomic E-state index is -0.473. The van der Waals surface area contributed by atoms with Gasteiger partial charge in [-0.25, -0.2) is 4.39 Å². The van der Waals surface area contributed by atoms with Gasteiger partial charge in [0, 0.05) is 22.3 Å². The number of carbonyl (C=O) groups excluding carboxylic acids is 1. The van der Waals surface area contributed by atoms with E-state index in [1.54, 1.807) is 24.3 Å². The Hall–Kier alpha value is -1.88. The van der Waals surface area contributed by atoms with Crippen molar-refractivity contribution in [2.75, 3.05) is 17.2 Å². The van der Waals surface area contributed by atoms with Crippen molar-refractivity contribution in [1.82, 2.24) is 0 Å². The van der Waals surface area contributed by atoms with Crippen LogP contribution in [0.3, 0.4) is 0 Å². The molecule has 5 heteroatoms. The van der Waals surface area contributed by atoms with Gasteiger partial charge in [0.15, 0.2) is 0 Å². The fourth-order valence-corrected chi connectivity index (χ4v) is 2.25. The zero-order valence-corrected chi connectivity index (χ0v) is 13.2. The molecule has 0 aliphatic carbocycles. The van der Waals surface area contributed by atoms with Crippen LogP contribution in [-0.2, 0) is 0 Å². The average molecular weight is 351 g/mol. The Morgan fingerprint density at radius 3 is 2.52 bits per heavy atom. The Labute approximate surface area is 131 Å². The molecule has 0 spiro atoms. The Morgan fingerprint density at radius 2 is 1.90 bits per heavy atom. The summed E-state index contributed by atoms with van der Waals surface area (Å²) in [5.41, 5.74) is 1.59. The van der Waals surface area contributed by atoms with Crippen LogP contribution in [0.4, 0.5) is 15.8 Å². The molecule has 1 amide bonds. The molecular formula is C16H16BrFN2O. The van der Waals surface area contributed by atoms with E-state index >= 15 is 0 Å². The topological polar surface area (TPSA) is 41.1 Å². The lowest BCUT2D eigenvalue weighted by Crippen LogP contribution is -2.13. The lowest BCUT2D eigenvalue weighted by atomic mass is 10.2.